The van der Waals surface area contributed by atoms with Crippen LogP contribution >= 0.6 is 0 Å². The molecule has 1 unspecified atom stereocenters. The summed E-state index contributed by atoms with van der Waals surface area (Å²) in [6.45, 7) is 5.28. The molecule has 1 saturated carbocycles. The molecule has 124 valence electrons. The van der Waals surface area contributed by atoms with E-state index < -0.39 is 0 Å². The van der Waals surface area contributed by atoms with Crippen molar-refractivity contribution in [2.24, 2.45) is 11.3 Å². The smallest absolute Gasteiger partial charge is 0.254 e. The summed E-state index contributed by atoms with van der Waals surface area (Å²) < 4.78 is 0. The predicted molar refractivity (Wildman–Crippen MR) is 90.3 cm³/mol. The third-order valence-corrected chi connectivity index (χ3v) is 5.71. The lowest BCUT2D eigenvalue weighted by molar-refractivity contribution is -0.127. The third-order valence-electron chi connectivity index (χ3n) is 5.71. The summed E-state index contributed by atoms with van der Waals surface area (Å²) >= 11 is 0. The number of nitrogens with one attached hydrogen (secondary N) is 1. The number of aryl methyl sites for hydroxylation is 2. The fourth-order valence-electron chi connectivity index (χ4n) is 4.47. The monoisotopic (exact) mass is 314 g/mol. The van der Waals surface area contributed by atoms with Gasteiger partial charge in [-0.15, -0.1) is 0 Å². The van der Waals surface area contributed by atoms with E-state index in [1.807, 2.05) is 36.9 Å². The van der Waals surface area contributed by atoms with Crippen molar-refractivity contribution in [1.82, 2.24) is 10.2 Å². The van der Waals surface area contributed by atoms with Crippen molar-refractivity contribution < 1.29 is 9.59 Å². The van der Waals surface area contributed by atoms with Crippen LogP contribution in [0.25, 0.3) is 0 Å². The van der Waals surface area contributed by atoms with E-state index in [0.717, 1.165) is 36.1 Å². The molecule has 0 bridgehead atoms. The number of amides is 2. The first-order chi connectivity index (χ1) is 11.0. The highest BCUT2D eigenvalue weighted by atomic mass is 16.2. The summed E-state index contributed by atoms with van der Waals surface area (Å²) in [5.41, 5.74) is 2.94. The summed E-state index contributed by atoms with van der Waals surface area (Å²) in [4.78, 5) is 27.2. The highest BCUT2D eigenvalue weighted by molar-refractivity contribution is 5.96. The quantitative estimate of drug-likeness (QED) is 0.912. The minimum Gasteiger partial charge on any atom is -0.359 e. The lowest BCUT2D eigenvalue weighted by Gasteiger charge is -2.28. The summed E-state index contributed by atoms with van der Waals surface area (Å²) in [7, 11) is 1.69. The molecular weight excluding hydrogens is 288 g/mol. The van der Waals surface area contributed by atoms with Gasteiger partial charge < -0.3 is 10.2 Å². The Morgan fingerprint density at radius 3 is 2.52 bits per heavy atom. The molecule has 1 aliphatic carbocycles. The van der Waals surface area contributed by atoms with Crippen molar-refractivity contribution in [3.63, 3.8) is 0 Å². The van der Waals surface area contributed by atoms with Gasteiger partial charge in [0.2, 0.25) is 5.91 Å². The van der Waals surface area contributed by atoms with Crippen LogP contribution in [-0.2, 0) is 4.79 Å². The van der Waals surface area contributed by atoms with Crippen molar-refractivity contribution in [3.05, 3.63) is 34.9 Å². The molecule has 2 aliphatic rings. The van der Waals surface area contributed by atoms with Crippen molar-refractivity contribution in [2.45, 2.75) is 39.5 Å². The Labute approximate surface area is 138 Å². The van der Waals surface area contributed by atoms with Crippen molar-refractivity contribution >= 4 is 11.8 Å². The normalized spacial score (nSPS) is 22.6. The fourth-order valence-corrected chi connectivity index (χ4v) is 4.47. The fraction of sp³-hybridized carbons (Fsp3) is 0.579. The molecule has 1 aliphatic heterocycles. The molecule has 1 aromatic carbocycles. The zero-order chi connectivity index (χ0) is 16.6. The van der Waals surface area contributed by atoms with Gasteiger partial charge >= 0.3 is 0 Å². The van der Waals surface area contributed by atoms with Gasteiger partial charge in [-0.3, -0.25) is 9.59 Å². The van der Waals surface area contributed by atoms with Crippen LogP contribution in [0.15, 0.2) is 18.2 Å². The van der Waals surface area contributed by atoms with Gasteiger partial charge in [0.05, 0.1) is 5.92 Å². The minimum absolute atomic E-state index is 0.00560. The maximum absolute atomic E-state index is 13.0. The van der Waals surface area contributed by atoms with Gasteiger partial charge in [-0.05, 0) is 38.3 Å². The Balaban J connectivity index is 1.86. The molecule has 1 aromatic rings. The zero-order valence-corrected chi connectivity index (χ0v) is 14.3. The van der Waals surface area contributed by atoms with Crippen molar-refractivity contribution in [1.29, 1.82) is 0 Å². The zero-order valence-electron chi connectivity index (χ0n) is 14.3. The number of hydrogen-bond acceptors (Lipinski definition) is 2. The lowest BCUT2D eigenvalue weighted by Crippen LogP contribution is -2.38. The van der Waals surface area contributed by atoms with Crippen LogP contribution in [0.2, 0.25) is 0 Å². The van der Waals surface area contributed by atoms with E-state index in [1.165, 1.54) is 12.8 Å². The molecule has 2 amide bonds. The van der Waals surface area contributed by atoms with Crippen LogP contribution in [0.4, 0.5) is 0 Å². The summed E-state index contributed by atoms with van der Waals surface area (Å²) in [5, 5.41) is 2.80. The van der Waals surface area contributed by atoms with E-state index >= 15 is 0 Å². The molecule has 1 N–H and O–H groups in total. The van der Waals surface area contributed by atoms with E-state index in [4.69, 9.17) is 0 Å². The Kier molecular flexibility index (Phi) is 4.17. The van der Waals surface area contributed by atoms with Gasteiger partial charge in [-0.25, -0.2) is 0 Å². The van der Waals surface area contributed by atoms with Crippen molar-refractivity contribution in [3.8, 4) is 0 Å². The molecule has 4 nitrogen and oxygen atoms in total. The number of hydrogen-bond donors (Lipinski definition) is 1. The Morgan fingerprint density at radius 1 is 1.22 bits per heavy atom. The Bertz CT molecular complexity index is 632. The summed E-state index contributed by atoms with van der Waals surface area (Å²) in [6.07, 6.45) is 4.45. The first-order valence-electron chi connectivity index (χ1n) is 8.55. The van der Waals surface area contributed by atoms with Gasteiger partial charge in [0.1, 0.15) is 0 Å². The van der Waals surface area contributed by atoms with E-state index in [9.17, 15) is 9.59 Å². The molecule has 1 spiro atoms. The second-order valence-electron chi connectivity index (χ2n) is 7.24. The van der Waals surface area contributed by atoms with Gasteiger partial charge in [0.25, 0.3) is 5.91 Å². The number of benzene rings is 1. The maximum atomic E-state index is 13.0. The largest absolute Gasteiger partial charge is 0.359 e. The molecule has 1 heterocycles. The van der Waals surface area contributed by atoms with Gasteiger partial charge in [0, 0.05) is 31.1 Å². The average Bonchev–Trinajstić information content (AvgIpc) is 3.14. The first-order valence-corrected chi connectivity index (χ1v) is 8.55. The summed E-state index contributed by atoms with van der Waals surface area (Å²) in [6, 6.07) is 5.95. The van der Waals surface area contributed by atoms with Crippen LogP contribution in [-0.4, -0.2) is 36.9 Å². The summed E-state index contributed by atoms with van der Waals surface area (Å²) in [5.74, 6) is 0.0905. The molecule has 4 heteroatoms. The van der Waals surface area contributed by atoms with E-state index in [1.54, 1.807) is 7.05 Å². The number of rotatable bonds is 2. The maximum Gasteiger partial charge on any atom is 0.254 e. The highest BCUT2D eigenvalue weighted by Crippen LogP contribution is 2.49. The molecule has 0 radical (unpaired) electrons. The van der Waals surface area contributed by atoms with E-state index in [0.29, 0.717) is 6.54 Å². The van der Waals surface area contributed by atoms with Crippen LogP contribution in [0.3, 0.4) is 0 Å². The Hall–Kier alpha value is -1.84. The van der Waals surface area contributed by atoms with Gasteiger partial charge in [-0.2, -0.15) is 0 Å². The molecule has 3 rings (SSSR count). The van der Waals surface area contributed by atoms with E-state index in [2.05, 4.69) is 5.32 Å². The predicted octanol–water partition coefficient (Wildman–Crippen LogP) is 2.68. The second kappa shape index (κ2) is 5.99. The first kappa shape index (κ1) is 16.0. The average molecular weight is 314 g/mol. The molecule has 23 heavy (non-hydrogen) atoms. The molecule has 1 saturated heterocycles. The number of likely N-dealkylation sites (tertiary alicyclic amines) is 1. The topological polar surface area (TPSA) is 49.4 Å². The standard InChI is InChI=1S/C19H26N2O2/c1-13-6-7-15(14(2)10-13)18(23)21-11-16(17(22)20-3)19(12-21)8-4-5-9-19/h6-7,10,16H,4-5,8-9,11-12H2,1-3H3,(H,20,22). The Morgan fingerprint density at radius 2 is 1.91 bits per heavy atom. The molecule has 1 atom stereocenters. The van der Waals surface area contributed by atoms with Gasteiger partial charge in [0.15, 0.2) is 0 Å². The highest BCUT2D eigenvalue weighted by Gasteiger charge is 2.52. The number of carbonyl (C=O) groups is 2. The van der Waals surface area contributed by atoms with Crippen LogP contribution in [0, 0.1) is 25.2 Å². The van der Waals surface area contributed by atoms with Crippen molar-refractivity contribution in [2.75, 3.05) is 20.1 Å². The lowest BCUT2D eigenvalue weighted by atomic mass is 9.76. The molecule has 0 aromatic heterocycles. The number of nitrogens with zero attached hydrogens (tertiary/aromatic N) is 1. The van der Waals surface area contributed by atoms with E-state index in [-0.39, 0.29) is 23.1 Å². The minimum atomic E-state index is -0.0651. The third kappa shape index (κ3) is 2.75. The number of carbonyl (C=O) groups excluding carboxylic acids is 2. The second-order valence-corrected chi connectivity index (χ2v) is 7.24. The van der Waals surface area contributed by atoms with Gasteiger partial charge in [-0.1, -0.05) is 30.5 Å². The van der Waals surface area contributed by atoms with Crippen LogP contribution < -0.4 is 5.32 Å². The SMILES string of the molecule is CNC(=O)C1CN(C(=O)c2ccc(C)cc2C)CC12CCCC2. The molecular formula is C19H26N2O2. The van der Waals surface area contributed by atoms with Crippen LogP contribution in [0.5, 0.6) is 0 Å². The molecule has 2 fully saturated rings. The van der Waals surface area contributed by atoms with Crippen LogP contribution in [0.1, 0.15) is 47.2 Å².